The van der Waals surface area contributed by atoms with E-state index in [0.717, 1.165) is 17.5 Å². The molecule has 0 saturated heterocycles. The molecule has 1 aromatic heterocycles. The topological polar surface area (TPSA) is 90.3 Å². The molecule has 174 valence electrons. The zero-order valence-electron chi connectivity index (χ0n) is 19.1. The van der Waals surface area contributed by atoms with Crippen LogP contribution >= 0.6 is 0 Å². The quantitative estimate of drug-likeness (QED) is 0.571. The number of aromatic nitrogens is 2. The van der Waals surface area contributed by atoms with E-state index < -0.39 is 16.1 Å². The van der Waals surface area contributed by atoms with Gasteiger partial charge in [0, 0.05) is 23.6 Å². The van der Waals surface area contributed by atoms with Crippen molar-refractivity contribution in [3.8, 4) is 11.5 Å². The zero-order chi connectivity index (χ0) is 23.6. The van der Waals surface area contributed by atoms with Crippen molar-refractivity contribution in [2.45, 2.75) is 51.1 Å². The zero-order valence-corrected chi connectivity index (χ0v) is 19.9. The van der Waals surface area contributed by atoms with Crippen molar-refractivity contribution in [2.24, 2.45) is 0 Å². The second-order valence-electron chi connectivity index (χ2n) is 8.78. The average Bonchev–Trinajstić information content (AvgIpc) is 2.76. The van der Waals surface area contributed by atoms with Crippen LogP contribution in [0.15, 0.2) is 65.7 Å². The van der Waals surface area contributed by atoms with Gasteiger partial charge in [-0.3, -0.25) is 9.36 Å². The maximum absolute atomic E-state index is 13.5. The Bertz CT molecular complexity index is 1290. The van der Waals surface area contributed by atoms with Gasteiger partial charge < -0.3 is 4.74 Å². The Balaban J connectivity index is 1.78. The lowest BCUT2D eigenvalue weighted by Crippen LogP contribution is -2.45. The Kier molecular flexibility index (Phi) is 6.67. The van der Waals surface area contributed by atoms with E-state index in [4.69, 9.17) is 4.74 Å². The van der Waals surface area contributed by atoms with E-state index in [9.17, 15) is 13.2 Å². The van der Waals surface area contributed by atoms with Gasteiger partial charge in [-0.05, 0) is 56.9 Å². The second kappa shape index (κ2) is 9.49. The summed E-state index contributed by atoms with van der Waals surface area (Å²) < 4.78 is 34.8. The third-order valence-corrected chi connectivity index (χ3v) is 6.70. The molecule has 0 radical (unpaired) electrons. The van der Waals surface area contributed by atoms with E-state index in [-0.39, 0.29) is 17.5 Å². The number of para-hydroxylation sites is 2. The molecule has 0 fully saturated rings. The lowest BCUT2D eigenvalue weighted by molar-refractivity contribution is 0.407. The maximum Gasteiger partial charge on any atom is 0.257 e. The molecule has 3 aromatic rings. The van der Waals surface area contributed by atoms with Crippen LogP contribution in [-0.2, 0) is 22.9 Å². The van der Waals surface area contributed by atoms with E-state index >= 15 is 0 Å². The van der Waals surface area contributed by atoms with Gasteiger partial charge in [-0.1, -0.05) is 36.4 Å². The molecule has 1 aliphatic rings. The smallest absolute Gasteiger partial charge is 0.257 e. The highest BCUT2D eigenvalue weighted by molar-refractivity contribution is 7.88. The number of fused-ring (bicyclic) bond motifs is 1. The van der Waals surface area contributed by atoms with Crippen LogP contribution in [0.4, 0.5) is 0 Å². The molecule has 8 heteroatoms. The first-order chi connectivity index (χ1) is 15.7. The largest absolute Gasteiger partial charge is 0.457 e. The Morgan fingerprint density at radius 3 is 2.52 bits per heavy atom. The lowest BCUT2D eigenvalue weighted by atomic mass is 9.78. The summed E-state index contributed by atoms with van der Waals surface area (Å²) in [6.07, 6.45) is 4.32. The summed E-state index contributed by atoms with van der Waals surface area (Å²) in [6.45, 7) is 3.87. The number of hydrogen-bond acceptors (Lipinski definition) is 5. The number of ether oxygens (including phenoxy) is 1. The predicted molar refractivity (Wildman–Crippen MR) is 128 cm³/mol. The Hall–Kier alpha value is -2.97. The van der Waals surface area contributed by atoms with E-state index in [1.54, 1.807) is 10.9 Å². The SMILES string of the molecule is CC(C)n1cnc2c(c1=O)[C@@H](Cc1ccccc1Oc1ccccc1)[C@@H](NS(C)(=O)=O)CC2. The van der Waals surface area contributed by atoms with Crippen molar-refractivity contribution in [1.29, 1.82) is 0 Å². The molecule has 2 atom stereocenters. The number of benzene rings is 2. The summed E-state index contributed by atoms with van der Waals surface area (Å²) in [5.74, 6) is 1.03. The van der Waals surface area contributed by atoms with E-state index in [0.29, 0.717) is 36.3 Å². The van der Waals surface area contributed by atoms with Crippen LogP contribution in [0, 0.1) is 0 Å². The molecule has 0 aliphatic heterocycles. The summed E-state index contributed by atoms with van der Waals surface area (Å²) in [5.41, 5.74) is 2.13. The Morgan fingerprint density at radius 1 is 1.12 bits per heavy atom. The Morgan fingerprint density at radius 2 is 1.82 bits per heavy atom. The lowest BCUT2D eigenvalue weighted by Gasteiger charge is -2.33. The standard InChI is InChI=1S/C25H29N3O4S/c1-17(2)28-16-26-22-14-13-21(27-33(3,30)31)20(24(22)25(28)29)15-18-9-7-8-12-23(18)32-19-10-5-4-6-11-19/h4-12,16-17,20-21,27H,13-15H2,1-3H3/t20-,21-/m0/s1. The van der Waals surface area contributed by atoms with Gasteiger partial charge in [-0.15, -0.1) is 0 Å². The van der Waals surface area contributed by atoms with E-state index in [1.807, 2.05) is 68.4 Å². The van der Waals surface area contributed by atoms with Gasteiger partial charge in [0.1, 0.15) is 11.5 Å². The Labute approximate surface area is 194 Å². The van der Waals surface area contributed by atoms with Gasteiger partial charge >= 0.3 is 0 Å². The van der Waals surface area contributed by atoms with Crippen LogP contribution in [-0.4, -0.2) is 30.3 Å². The first kappa shape index (κ1) is 23.2. The third kappa shape index (κ3) is 5.34. The minimum Gasteiger partial charge on any atom is -0.457 e. The first-order valence-corrected chi connectivity index (χ1v) is 13.0. The summed E-state index contributed by atoms with van der Waals surface area (Å²) in [7, 11) is -3.46. The van der Waals surface area contributed by atoms with Crippen LogP contribution in [0.2, 0.25) is 0 Å². The molecule has 1 aliphatic carbocycles. The number of nitrogens with one attached hydrogen (secondary N) is 1. The summed E-state index contributed by atoms with van der Waals surface area (Å²) in [4.78, 5) is 18.0. The molecular formula is C25H29N3O4S. The van der Waals surface area contributed by atoms with Crippen LogP contribution in [0.1, 0.15) is 49.0 Å². The molecule has 0 bridgehead atoms. The fourth-order valence-electron chi connectivity index (χ4n) is 4.44. The van der Waals surface area contributed by atoms with Crippen molar-refractivity contribution in [1.82, 2.24) is 14.3 Å². The highest BCUT2D eigenvalue weighted by Gasteiger charge is 2.35. The highest BCUT2D eigenvalue weighted by atomic mass is 32.2. The van der Waals surface area contributed by atoms with Gasteiger partial charge in [0.15, 0.2) is 0 Å². The number of hydrogen-bond donors (Lipinski definition) is 1. The van der Waals surface area contributed by atoms with Gasteiger partial charge in [-0.2, -0.15) is 0 Å². The van der Waals surface area contributed by atoms with Crippen molar-refractivity contribution < 1.29 is 13.2 Å². The van der Waals surface area contributed by atoms with Crippen LogP contribution < -0.4 is 15.0 Å². The fourth-order valence-corrected chi connectivity index (χ4v) is 5.27. The van der Waals surface area contributed by atoms with Crippen LogP contribution in [0.25, 0.3) is 0 Å². The molecule has 0 spiro atoms. The molecule has 2 aromatic carbocycles. The monoisotopic (exact) mass is 467 g/mol. The van der Waals surface area contributed by atoms with Gasteiger partial charge in [0.05, 0.1) is 18.3 Å². The number of nitrogens with zero attached hydrogens (tertiary/aromatic N) is 2. The molecule has 33 heavy (non-hydrogen) atoms. The fraction of sp³-hybridized carbons (Fsp3) is 0.360. The van der Waals surface area contributed by atoms with Crippen LogP contribution in [0.5, 0.6) is 11.5 Å². The molecule has 4 rings (SSSR count). The molecular weight excluding hydrogens is 438 g/mol. The summed E-state index contributed by atoms with van der Waals surface area (Å²) in [5, 5.41) is 0. The van der Waals surface area contributed by atoms with E-state index in [1.165, 1.54) is 0 Å². The van der Waals surface area contributed by atoms with Gasteiger partial charge in [0.25, 0.3) is 5.56 Å². The number of sulfonamides is 1. The molecule has 0 amide bonds. The minimum atomic E-state index is -3.46. The van der Waals surface area contributed by atoms with Crippen molar-refractivity contribution in [3.63, 3.8) is 0 Å². The summed E-state index contributed by atoms with van der Waals surface area (Å²) >= 11 is 0. The highest BCUT2D eigenvalue weighted by Crippen LogP contribution is 2.35. The maximum atomic E-state index is 13.5. The van der Waals surface area contributed by atoms with Crippen LogP contribution in [0.3, 0.4) is 0 Å². The average molecular weight is 468 g/mol. The third-order valence-electron chi connectivity index (χ3n) is 5.97. The normalized spacial score (nSPS) is 18.2. The van der Waals surface area contributed by atoms with Gasteiger partial charge in [-0.25, -0.2) is 18.1 Å². The number of rotatable bonds is 7. The number of aryl methyl sites for hydroxylation is 1. The second-order valence-corrected chi connectivity index (χ2v) is 10.6. The predicted octanol–water partition coefficient (Wildman–Crippen LogP) is 3.81. The first-order valence-electron chi connectivity index (χ1n) is 11.1. The van der Waals surface area contributed by atoms with Gasteiger partial charge in [0.2, 0.25) is 10.0 Å². The molecule has 0 saturated carbocycles. The molecule has 7 nitrogen and oxygen atoms in total. The molecule has 0 unspecified atom stereocenters. The van der Waals surface area contributed by atoms with Crippen molar-refractivity contribution in [2.75, 3.05) is 6.26 Å². The van der Waals surface area contributed by atoms with E-state index in [2.05, 4.69) is 9.71 Å². The summed E-state index contributed by atoms with van der Waals surface area (Å²) in [6, 6.07) is 16.7. The molecule has 1 N–H and O–H groups in total. The molecule has 1 heterocycles. The van der Waals surface area contributed by atoms with Crippen molar-refractivity contribution in [3.05, 3.63) is 88.1 Å². The van der Waals surface area contributed by atoms with Crippen molar-refractivity contribution >= 4 is 10.0 Å². The minimum absolute atomic E-state index is 0.0482.